The summed E-state index contributed by atoms with van der Waals surface area (Å²) >= 11 is 0. The maximum Gasteiger partial charge on any atom is 0.323 e. The number of hydrogen-bond donors (Lipinski definition) is 1. The topological polar surface area (TPSA) is 49.8 Å². The number of likely N-dealkylation sites (N-methyl/N-ethyl adjacent to an activating group) is 1. The van der Waals surface area contributed by atoms with Crippen LogP contribution in [0.4, 0.5) is 0 Å². The van der Waals surface area contributed by atoms with Crippen LogP contribution in [0.2, 0.25) is 0 Å². The summed E-state index contributed by atoms with van der Waals surface area (Å²) in [7, 11) is 1.81. The van der Waals surface area contributed by atoms with Gasteiger partial charge in [0.1, 0.15) is 6.04 Å². The average molecular weight is 159 g/mol. The zero-order chi connectivity index (χ0) is 8.43. The first-order chi connectivity index (χ1) is 5.13. The molecule has 0 amide bonds. The van der Waals surface area contributed by atoms with E-state index in [1.54, 1.807) is 0 Å². The van der Waals surface area contributed by atoms with Crippen molar-refractivity contribution in [3.05, 3.63) is 0 Å². The van der Waals surface area contributed by atoms with E-state index in [9.17, 15) is 4.79 Å². The van der Waals surface area contributed by atoms with Gasteiger partial charge in [0.05, 0.1) is 13.2 Å². The van der Waals surface area contributed by atoms with E-state index in [1.807, 2.05) is 18.9 Å². The number of ether oxygens (including phenoxy) is 1. The standard InChI is InChI=1S/C7H13NO3/c1-5-3-11-4-6(7(9)10)8(5)2/h5-6H,3-4H2,1-2H3,(H,9,10). The molecule has 1 aliphatic heterocycles. The van der Waals surface area contributed by atoms with Gasteiger partial charge in [0.2, 0.25) is 0 Å². The van der Waals surface area contributed by atoms with Crippen molar-refractivity contribution >= 4 is 5.97 Å². The molecule has 1 heterocycles. The Morgan fingerprint density at radius 2 is 2.27 bits per heavy atom. The Balaban J connectivity index is 2.58. The molecule has 0 bridgehead atoms. The molecular weight excluding hydrogens is 146 g/mol. The van der Waals surface area contributed by atoms with E-state index in [0.717, 1.165) is 0 Å². The van der Waals surface area contributed by atoms with Gasteiger partial charge in [-0.2, -0.15) is 0 Å². The number of nitrogens with zero attached hydrogens (tertiary/aromatic N) is 1. The van der Waals surface area contributed by atoms with E-state index in [-0.39, 0.29) is 6.04 Å². The molecule has 4 heteroatoms. The normalized spacial score (nSPS) is 33.6. The van der Waals surface area contributed by atoms with Gasteiger partial charge in [-0.05, 0) is 14.0 Å². The lowest BCUT2D eigenvalue weighted by molar-refractivity contribution is -0.151. The fourth-order valence-electron chi connectivity index (χ4n) is 1.14. The molecule has 11 heavy (non-hydrogen) atoms. The van der Waals surface area contributed by atoms with E-state index in [2.05, 4.69) is 0 Å². The molecule has 2 atom stereocenters. The largest absolute Gasteiger partial charge is 0.480 e. The number of carboxylic acid groups (broad SMARTS) is 1. The van der Waals surface area contributed by atoms with Crippen molar-refractivity contribution in [2.45, 2.75) is 19.0 Å². The quantitative estimate of drug-likeness (QED) is 0.575. The lowest BCUT2D eigenvalue weighted by Gasteiger charge is -2.34. The molecule has 0 aromatic heterocycles. The Bertz CT molecular complexity index is 160. The monoisotopic (exact) mass is 159 g/mol. The first-order valence-electron chi connectivity index (χ1n) is 3.65. The highest BCUT2D eigenvalue weighted by Crippen LogP contribution is 2.10. The maximum absolute atomic E-state index is 10.6. The molecule has 1 fully saturated rings. The van der Waals surface area contributed by atoms with E-state index in [4.69, 9.17) is 9.84 Å². The highest BCUT2D eigenvalue weighted by Gasteiger charge is 2.30. The third-order valence-electron chi connectivity index (χ3n) is 2.11. The van der Waals surface area contributed by atoms with Crippen LogP contribution in [0, 0.1) is 0 Å². The van der Waals surface area contributed by atoms with E-state index in [0.29, 0.717) is 13.2 Å². The van der Waals surface area contributed by atoms with E-state index < -0.39 is 12.0 Å². The van der Waals surface area contributed by atoms with Gasteiger partial charge in [-0.3, -0.25) is 9.69 Å². The average Bonchev–Trinajstić information content (AvgIpc) is 1.94. The molecule has 1 saturated heterocycles. The van der Waals surface area contributed by atoms with Gasteiger partial charge in [0.25, 0.3) is 0 Å². The predicted molar refractivity (Wildman–Crippen MR) is 39.5 cm³/mol. The van der Waals surface area contributed by atoms with Gasteiger partial charge in [-0.1, -0.05) is 0 Å². The van der Waals surface area contributed by atoms with Crippen LogP contribution < -0.4 is 0 Å². The lowest BCUT2D eigenvalue weighted by atomic mass is 10.2. The summed E-state index contributed by atoms with van der Waals surface area (Å²) in [6.45, 7) is 2.88. The molecule has 64 valence electrons. The van der Waals surface area contributed by atoms with Gasteiger partial charge >= 0.3 is 5.97 Å². The Morgan fingerprint density at radius 1 is 1.64 bits per heavy atom. The summed E-state index contributed by atoms with van der Waals surface area (Å²) < 4.78 is 5.10. The van der Waals surface area contributed by atoms with Crippen molar-refractivity contribution in [3.63, 3.8) is 0 Å². The Labute approximate surface area is 65.8 Å². The fraction of sp³-hybridized carbons (Fsp3) is 0.857. The second kappa shape index (κ2) is 3.19. The molecule has 4 nitrogen and oxygen atoms in total. The highest BCUT2D eigenvalue weighted by molar-refractivity contribution is 5.73. The van der Waals surface area contributed by atoms with Crippen molar-refractivity contribution in [1.82, 2.24) is 4.90 Å². The van der Waals surface area contributed by atoms with Gasteiger partial charge in [-0.15, -0.1) is 0 Å². The number of carboxylic acids is 1. The number of carbonyl (C=O) groups is 1. The summed E-state index contributed by atoms with van der Waals surface area (Å²) in [5, 5.41) is 8.70. The Kier molecular flexibility index (Phi) is 2.46. The lowest BCUT2D eigenvalue weighted by Crippen LogP contribution is -2.52. The zero-order valence-electron chi connectivity index (χ0n) is 6.78. The van der Waals surface area contributed by atoms with Crippen LogP contribution in [0.3, 0.4) is 0 Å². The first kappa shape index (κ1) is 8.49. The molecule has 1 rings (SSSR count). The minimum absolute atomic E-state index is 0.199. The molecule has 0 radical (unpaired) electrons. The molecule has 0 spiro atoms. The van der Waals surface area contributed by atoms with Crippen molar-refractivity contribution in [1.29, 1.82) is 0 Å². The molecule has 0 aromatic carbocycles. The van der Waals surface area contributed by atoms with Crippen LogP contribution in [0.25, 0.3) is 0 Å². The van der Waals surface area contributed by atoms with Gasteiger partial charge in [-0.25, -0.2) is 0 Å². The van der Waals surface area contributed by atoms with E-state index >= 15 is 0 Å². The Hall–Kier alpha value is -0.610. The second-order valence-corrected chi connectivity index (χ2v) is 2.91. The maximum atomic E-state index is 10.6. The van der Waals surface area contributed by atoms with Gasteiger partial charge in [0.15, 0.2) is 0 Å². The van der Waals surface area contributed by atoms with Crippen LogP contribution in [0.5, 0.6) is 0 Å². The van der Waals surface area contributed by atoms with Crippen molar-refractivity contribution < 1.29 is 14.6 Å². The van der Waals surface area contributed by atoms with Crippen LogP contribution in [0.1, 0.15) is 6.92 Å². The Morgan fingerprint density at radius 3 is 2.73 bits per heavy atom. The zero-order valence-corrected chi connectivity index (χ0v) is 6.78. The highest BCUT2D eigenvalue weighted by atomic mass is 16.5. The molecule has 0 aromatic rings. The molecule has 2 unspecified atom stereocenters. The molecular formula is C7H13NO3. The predicted octanol–water partition coefficient (Wildman–Crippen LogP) is -0.210. The summed E-state index contributed by atoms with van der Waals surface area (Å²) in [4.78, 5) is 12.4. The third-order valence-corrected chi connectivity index (χ3v) is 2.11. The summed E-state index contributed by atoms with van der Waals surface area (Å²) in [6.07, 6.45) is 0. The van der Waals surface area contributed by atoms with Crippen LogP contribution in [-0.4, -0.2) is 48.3 Å². The summed E-state index contributed by atoms with van der Waals surface area (Å²) in [6, 6.07) is -0.274. The van der Waals surface area contributed by atoms with Crippen LogP contribution in [-0.2, 0) is 9.53 Å². The van der Waals surface area contributed by atoms with E-state index in [1.165, 1.54) is 0 Å². The number of rotatable bonds is 1. The second-order valence-electron chi connectivity index (χ2n) is 2.91. The van der Waals surface area contributed by atoms with Crippen molar-refractivity contribution in [2.75, 3.05) is 20.3 Å². The summed E-state index contributed by atoms with van der Waals surface area (Å²) in [5.74, 6) is -0.806. The minimum Gasteiger partial charge on any atom is -0.480 e. The molecule has 1 aliphatic rings. The van der Waals surface area contributed by atoms with Crippen LogP contribution in [0.15, 0.2) is 0 Å². The molecule has 0 aliphatic carbocycles. The molecule has 0 saturated carbocycles. The van der Waals surface area contributed by atoms with Gasteiger partial charge in [0, 0.05) is 6.04 Å². The van der Waals surface area contributed by atoms with Crippen molar-refractivity contribution in [2.24, 2.45) is 0 Å². The minimum atomic E-state index is -0.806. The SMILES string of the molecule is CC1COCC(C(=O)O)N1C. The fourth-order valence-corrected chi connectivity index (χ4v) is 1.14. The van der Waals surface area contributed by atoms with Crippen molar-refractivity contribution in [3.8, 4) is 0 Å². The number of hydrogen-bond acceptors (Lipinski definition) is 3. The number of aliphatic carboxylic acids is 1. The summed E-state index contributed by atoms with van der Waals surface area (Å²) in [5.41, 5.74) is 0. The third kappa shape index (κ3) is 1.70. The van der Waals surface area contributed by atoms with Crippen LogP contribution >= 0.6 is 0 Å². The van der Waals surface area contributed by atoms with Gasteiger partial charge < -0.3 is 9.84 Å². The molecule has 1 N–H and O–H groups in total. The first-order valence-corrected chi connectivity index (χ1v) is 3.65. The number of morpholine rings is 1. The smallest absolute Gasteiger partial charge is 0.323 e.